The fourth-order valence-corrected chi connectivity index (χ4v) is 1.21. The molecule has 2 aromatic heterocycles. The van der Waals surface area contributed by atoms with Crippen molar-refractivity contribution in [3.05, 3.63) is 46.4 Å². The van der Waals surface area contributed by atoms with E-state index in [1.165, 1.54) is 6.07 Å². The molecule has 0 aromatic carbocycles. The minimum Gasteiger partial charge on any atom is -0.477 e. The average molecular weight is 217 g/mol. The van der Waals surface area contributed by atoms with Crippen LogP contribution in [0.3, 0.4) is 0 Å². The summed E-state index contributed by atoms with van der Waals surface area (Å²) in [5, 5.41) is 14.6. The Bertz CT molecular complexity index is 577. The van der Waals surface area contributed by atoms with Gasteiger partial charge in [-0.15, -0.1) is 0 Å². The van der Waals surface area contributed by atoms with Crippen LogP contribution in [0.2, 0.25) is 0 Å². The third-order valence-corrected chi connectivity index (χ3v) is 1.96. The van der Waals surface area contributed by atoms with Gasteiger partial charge in [-0.2, -0.15) is 5.10 Å². The fourth-order valence-electron chi connectivity index (χ4n) is 1.21. The Hall–Kier alpha value is -2.50. The van der Waals surface area contributed by atoms with Crippen molar-refractivity contribution in [1.29, 1.82) is 0 Å². The predicted molar refractivity (Wildman–Crippen MR) is 55.0 cm³/mol. The van der Waals surface area contributed by atoms with E-state index in [9.17, 15) is 9.59 Å². The van der Waals surface area contributed by atoms with E-state index < -0.39 is 11.5 Å². The molecular formula is C10H7N3O3. The molecule has 0 amide bonds. The zero-order valence-corrected chi connectivity index (χ0v) is 8.04. The number of nitrogens with one attached hydrogen (secondary N) is 1. The predicted octanol–water partition coefficient (Wildman–Crippen LogP) is 0.530. The van der Waals surface area contributed by atoms with Crippen molar-refractivity contribution in [2.75, 3.05) is 0 Å². The quantitative estimate of drug-likeness (QED) is 0.764. The number of aromatic amines is 1. The van der Waals surface area contributed by atoms with Crippen LogP contribution in [0.1, 0.15) is 10.4 Å². The van der Waals surface area contributed by atoms with E-state index in [1.807, 2.05) is 0 Å². The second-order valence-electron chi connectivity index (χ2n) is 3.02. The molecule has 6 nitrogen and oxygen atoms in total. The molecule has 2 N–H and O–H groups in total. The van der Waals surface area contributed by atoms with Crippen LogP contribution in [-0.2, 0) is 0 Å². The molecule has 0 saturated carbocycles. The second-order valence-corrected chi connectivity index (χ2v) is 3.02. The Morgan fingerprint density at radius 3 is 2.75 bits per heavy atom. The number of pyridine rings is 1. The summed E-state index contributed by atoms with van der Waals surface area (Å²) in [4.78, 5) is 25.9. The van der Waals surface area contributed by atoms with Crippen molar-refractivity contribution in [3.8, 4) is 11.4 Å². The Kier molecular flexibility index (Phi) is 2.47. The second kappa shape index (κ2) is 3.93. The summed E-state index contributed by atoms with van der Waals surface area (Å²) in [7, 11) is 0. The van der Waals surface area contributed by atoms with Gasteiger partial charge in [0.05, 0.1) is 5.69 Å². The summed E-state index contributed by atoms with van der Waals surface area (Å²) >= 11 is 0. The molecule has 6 heteroatoms. The SMILES string of the molecule is O=C(O)c1cc(-c2ccccn2)n[nH]c1=O. The maximum absolute atomic E-state index is 11.1. The lowest BCUT2D eigenvalue weighted by molar-refractivity contribution is 0.0694. The maximum Gasteiger partial charge on any atom is 0.341 e. The van der Waals surface area contributed by atoms with Gasteiger partial charge in [-0.05, 0) is 18.2 Å². The first-order valence-electron chi connectivity index (χ1n) is 4.43. The summed E-state index contributed by atoms with van der Waals surface area (Å²) in [6, 6.07) is 6.35. The van der Waals surface area contributed by atoms with Crippen molar-refractivity contribution >= 4 is 5.97 Å². The molecule has 80 valence electrons. The number of hydrogen-bond donors (Lipinski definition) is 2. The lowest BCUT2D eigenvalue weighted by Crippen LogP contribution is -2.18. The molecule has 0 atom stereocenters. The molecule has 0 aliphatic heterocycles. The maximum atomic E-state index is 11.1. The van der Waals surface area contributed by atoms with E-state index in [0.29, 0.717) is 11.4 Å². The van der Waals surface area contributed by atoms with Gasteiger partial charge in [0, 0.05) is 6.20 Å². The molecule has 2 heterocycles. The first-order valence-corrected chi connectivity index (χ1v) is 4.43. The van der Waals surface area contributed by atoms with Gasteiger partial charge in [-0.25, -0.2) is 9.89 Å². The van der Waals surface area contributed by atoms with Crippen molar-refractivity contribution in [2.45, 2.75) is 0 Å². The van der Waals surface area contributed by atoms with Crippen LogP contribution in [0.15, 0.2) is 35.3 Å². The largest absolute Gasteiger partial charge is 0.477 e. The molecule has 2 rings (SSSR count). The third kappa shape index (κ3) is 1.81. The number of aromatic nitrogens is 3. The molecule has 0 fully saturated rings. The molecule has 0 aliphatic rings. The normalized spacial score (nSPS) is 10.0. The standard InChI is InChI=1S/C10H7N3O3/c14-9-6(10(15)16)5-8(12-13-9)7-3-1-2-4-11-7/h1-5H,(H,13,14)(H,15,16). The fraction of sp³-hybridized carbons (Fsp3) is 0. The summed E-state index contributed by atoms with van der Waals surface area (Å²) < 4.78 is 0. The molecule has 0 unspecified atom stereocenters. The highest BCUT2D eigenvalue weighted by Crippen LogP contribution is 2.11. The molecule has 0 saturated heterocycles. The number of rotatable bonds is 2. The third-order valence-electron chi connectivity index (χ3n) is 1.96. The highest BCUT2D eigenvalue weighted by atomic mass is 16.4. The Morgan fingerprint density at radius 2 is 2.12 bits per heavy atom. The van der Waals surface area contributed by atoms with E-state index in [-0.39, 0.29) is 5.56 Å². The summed E-state index contributed by atoms with van der Waals surface area (Å²) in [6.07, 6.45) is 1.56. The lowest BCUT2D eigenvalue weighted by Gasteiger charge is -1.99. The van der Waals surface area contributed by atoms with Crippen LogP contribution in [-0.4, -0.2) is 26.3 Å². The molecule has 0 aliphatic carbocycles. The Labute approximate surface area is 89.6 Å². The van der Waals surface area contributed by atoms with Gasteiger partial charge >= 0.3 is 5.97 Å². The van der Waals surface area contributed by atoms with Gasteiger partial charge in [-0.1, -0.05) is 6.07 Å². The van der Waals surface area contributed by atoms with Crippen molar-refractivity contribution < 1.29 is 9.90 Å². The van der Waals surface area contributed by atoms with Gasteiger partial charge in [0.1, 0.15) is 11.3 Å². The minimum atomic E-state index is -1.29. The molecule has 0 radical (unpaired) electrons. The first kappa shape index (κ1) is 10.0. The molecule has 0 spiro atoms. The summed E-state index contributed by atoms with van der Waals surface area (Å²) in [5.41, 5.74) is -0.262. The Balaban J connectivity index is 2.57. The minimum absolute atomic E-state index is 0.317. The number of carboxylic acids is 1. The topological polar surface area (TPSA) is 95.9 Å². The van der Waals surface area contributed by atoms with Crippen LogP contribution < -0.4 is 5.56 Å². The van der Waals surface area contributed by atoms with Gasteiger partial charge in [-0.3, -0.25) is 9.78 Å². The summed E-state index contributed by atoms with van der Waals surface area (Å²) in [6.45, 7) is 0. The van der Waals surface area contributed by atoms with E-state index in [0.717, 1.165) is 0 Å². The highest BCUT2D eigenvalue weighted by Gasteiger charge is 2.11. The van der Waals surface area contributed by atoms with Crippen molar-refractivity contribution in [3.63, 3.8) is 0 Å². The van der Waals surface area contributed by atoms with E-state index in [2.05, 4.69) is 15.2 Å². The van der Waals surface area contributed by atoms with Gasteiger partial charge in [0.2, 0.25) is 0 Å². The van der Waals surface area contributed by atoms with Crippen LogP contribution in [0.4, 0.5) is 0 Å². The van der Waals surface area contributed by atoms with Gasteiger partial charge < -0.3 is 5.11 Å². The Morgan fingerprint density at radius 1 is 1.31 bits per heavy atom. The molecule has 16 heavy (non-hydrogen) atoms. The van der Waals surface area contributed by atoms with E-state index >= 15 is 0 Å². The first-order chi connectivity index (χ1) is 7.68. The van der Waals surface area contributed by atoms with E-state index in [1.54, 1.807) is 24.4 Å². The highest BCUT2D eigenvalue weighted by molar-refractivity contribution is 5.88. The molecule has 0 bridgehead atoms. The zero-order chi connectivity index (χ0) is 11.5. The monoisotopic (exact) mass is 217 g/mol. The number of H-pyrrole nitrogens is 1. The van der Waals surface area contributed by atoms with Crippen LogP contribution in [0, 0.1) is 0 Å². The van der Waals surface area contributed by atoms with Crippen LogP contribution >= 0.6 is 0 Å². The zero-order valence-electron chi connectivity index (χ0n) is 8.04. The number of carboxylic acid groups (broad SMARTS) is 1. The lowest BCUT2D eigenvalue weighted by atomic mass is 10.2. The van der Waals surface area contributed by atoms with Gasteiger partial charge in [0.15, 0.2) is 0 Å². The van der Waals surface area contributed by atoms with Gasteiger partial charge in [0.25, 0.3) is 5.56 Å². The van der Waals surface area contributed by atoms with Crippen LogP contribution in [0.25, 0.3) is 11.4 Å². The van der Waals surface area contributed by atoms with E-state index in [4.69, 9.17) is 5.11 Å². The van der Waals surface area contributed by atoms with Crippen molar-refractivity contribution in [2.24, 2.45) is 0 Å². The molecular weight excluding hydrogens is 210 g/mol. The smallest absolute Gasteiger partial charge is 0.341 e. The molecule has 2 aromatic rings. The average Bonchev–Trinajstić information content (AvgIpc) is 2.30. The van der Waals surface area contributed by atoms with Crippen molar-refractivity contribution in [1.82, 2.24) is 15.2 Å². The summed E-state index contributed by atoms with van der Waals surface area (Å²) in [5.74, 6) is -1.29. The number of hydrogen-bond acceptors (Lipinski definition) is 4. The number of nitrogens with zero attached hydrogens (tertiary/aromatic N) is 2. The number of carbonyl (C=O) groups is 1. The van der Waals surface area contributed by atoms with Crippen LogP contribution in [0.5, 0.6) is 0 Å². The number of aromatic carboxylic acids is 1.